The minimum absolute atomic E-state index is 0.142. The van der Waals surface area contributed by atoms with Crippen molar-refractivity contribution in [1.29, 1.82) is 0 Å². The fourth-order valence-corrected chi connectivity index (χ4v) is 3.57. The number of piperazine rings is 1. The number of aromatic amines is 1. The number of fused-ring (bicyclic) bond motifs is 1. The van der Waals surface area contributed by atoms with Crippen molar-refractivity contribution in [2.24, 2.45) is 0 Å². The highest BCUT2D eigenvalue weighted by Gasteiger charge is 2.34. The number of rotatable bonds is 3. The summed E-state index contributed by atoms with van der Waals surface area (Å²) in [6.45, 7) is 3.13. The first-order valence-electron chi connectivity index (χ1n) is 9.24. The average molecular weight is 395 g/mol. The van der Waals surface area contributed by atoms with Gasteiger partial charge in [-0.05, 0) is 37.3 Å². The number of phenolic OH excluding ortho intramolecular Hbond substituents is 1. The molecule has 3 N–H and O–H groups in total. The summed E-state index contributed by atoms with van der Waals surface area (Å²) in [5, 5.41) is 20.4. The first kappa shape index (κ1) is 18.9. The quantitative estimate of drug-likeness (QED) is 0.570. The molecular weight excluding hydrogens is 374 g/mol. The van der Waals surface area contributed by atoms with E-state index in [-0.39, 0.29) is 11.7 Å². The molecule has 29 heavy (non-hydrogen) atoms. The topological polar surface area (TPSA) is 120 Å². The number of aryl methyl sites for hydroxylation is 1. The summed E-state index contributed by atoms with van der Waals surface area (Å²) < 4.78 is 4.88. The van der Waals surface area contributed by atoms with Gasteiger partial charge in [0.15, 0.2) is 5.65 Å². The zero-order valence-electron chi connectivity index (χ0n) is 16.1. The number of carbonyl (C=O) groups excluding carboxylic acids is 2. The van der Waals surface area contributed by atoms with Gasteiger partial charge in [0.25, 0.3) is 5.91 Å². The lowest BCUT2D eigenvalue weighted by atomic mass is 10.0. The van der Waals surface area contributed by atoms with Crippen LogP contribution in [0.3, 0.4) is 0 Å². The fourth-order valence-electron chi connectivity index (χ4n) is 3.57. The number of methoxy groups -OCH3 is 1. The van der Waals surface area contributed by atoms with Crippen LogP contribution in [0.1, 0.15) is 16.1 Å². The van der Waals surface area contributed by atoms with Crippen LogP contribution >= 0.6 is 0 Å². The molecule has 1 atom stereocenters. The third-order valence-electron chi connectivity index (χ3n) is 5.08. The van der Waals surface area contributed by atoms with Crippen molar-refractivity contribution in [3.8, 4) is 17.0 Å². The van der Waals surface area contributed by atoms with Crippen LogP contribution in [0.25, 0.3) is 22.3 Å². The molecule has 0 radical (unpaired) electrons. The highest BCUT2D eigenvalue weighted by atomic mass is 16.5. The number of amides is 1. The lowest BCUT2D eigenvalue weighted by Gasteiger charge is -2.34. The Hall–Kier alpha value is -3.46. The number of hydrogen-bond donors (Lipinski definition) is 3. The Kier molecular flexibility index (Phi) is 4.89. The molecule has 0 saturated carbocycles. The van der Waals surface area contributed by atoms with Crippen LogP contribution in [0.5, 0.6) is 5.75 Å². The molecule has 2 aromatic heterocycles. The number of benzene rings is 1. The second-order valence-electron chi connectivity index (χ2n) is 6.89. The van der Waals surface area contributed by atoms with Crippen LogP contribution in [0.4, 0.5) is 0 Å². The first-order valence-corrected chi connectivity index (χ1v) is 9.24. The van der Waals surface area contributed by atoms with Crippen LogP contribution in [0.2, 0.25) is 0 Å². The second-order valence-corrected chi connectivity index (χ2v) is 6.89. The molecule has 1 amide bonds. The average Bonchev–Trinajstić information content (AvgIpc) is 3.13. The van der Waals surface area contributed by atoms with Gasteiger partial charge in [-0.1, -0.05) is 0 Å². The van der Waals surface area contributed by atoms with Gasteiger partial charge in [0.2, 0.25) is 0 Å². The Morgan fingerprint density at radius 1 is 1.28 bits per heavy atom. The highest BCUT2D eigenvalue weighted by molar-refractivity contribution is 6.08. The lowest BCUT2D eigenvalue weighted by Crippen LogP contribution is -2.57. The third kappa shape index (κ3) is 3.40. The number of esters is 1. The highest BCUT2D eigenvalue weighted by Crippen LogP contribution is 2.28. The maximum Gasteiger partial charge on any atom is 0.329 e. The van der Waals surface area contributed by atoms with Crippen molar-refractivity contribution in [2.45, 2.75) is 13.0 Å². The normalized spacial score (nSPS) is 16.8. The van der Waals surface area contributed by atoms with Crippen LogP contribution in [0, 0.1) is 6.92 Å². The summed E-state index contributed by atoms with van der Waals surface area (Å²) in [6.07, 6.45) is 0. The molecule has 0 unspecified atom stereocenters. The summed E-state index contributed by atoms with van der Waals surface area (Å²) >= 11 is 0. The van der Waals surface area contributed by atoms with E-state index in [0.29, 0.717) is 41.9 Å². The number of ether oxygens (including phenoxy) is 1. The Morgan fingerprint density at radius 2 is 2.03 bits per heavy atom. The third-order valence-corrected chi connectivity index (χ3v) is 5.08. The molecule has 1 saturated heterocycles. The van der Waals surface area contributed by atoms with Gasteiger partial charge in [0.1, 0.15) is 11.8 Å². The first-order chi connectivity index (χ1) is 14.0. The molecule has 3 heterocycles. The predicted octanol–water partition coefficient (Wildman–Crippen LogP) is 1.23. The number of nitrogens with zero attached hydrogens (tertiary/aromatic N) is 3. The fraction of sp³-hybridized carbons (Fsp3) is 0.300. The zero-order valence-corrected chi connectivity index (χ0v) is 16.1. The van der Waals surface area contributed by atoms with E-state index in [1.54, 1.807) is 30.3 Å². The Labute approximate surface area is 166 Å². The predicted molar refractivity (Wildman–Crippen MR) is 105 cm³/mol. The van der Waals surface area contributed by atoms with Gasteiger partial charge < -0.3 is 20.1 Å². The van der Waals surface area contributed by atoms with E-state index in [0.717, 1.165) is 11.3 Å². The zero-order chi connectivity index (χ0) is 20.5. The van der Waals surface area contributed by atoms with Crippen LogP contribution in [-0.2, 0) is 9.53 Å². The second kappa shape index (κ2) is 7.51. The number of hydrogen-bond acceptors (Lipinski definition) is 7. The number of aromatic nitrogens is 3. The van der Waals surface area contributed by atoms with Gasteiger partial charge in [-0.25, -0.2) is 9.78 Å². The van der Waals surface area contributed by atoms with Gasteiger partial charge in [0, 0.05) is 30.9 Å². The van der Waals surface area contributed by atoms with Crippen LogP contribution in [0.15, 0.2) is 30.3 Å². The van der Waals surface area contributed by atoms with E-state index in [1.807, 2.05) is 6.92 Å². The Bertz CT molecular complexity index is 1080. The maximum atomic E-state index is 13.5. The Balaban J connectivity index is 1.83. The molecule has 0 bridgehead atoms. The summed E-state index contributed by atoms with van der Waals surface area (Å²) in [5.74, 6) is -0.596. The molecule has 4 rings (SSSR count). The molecule has 3 aromatic rings. The largest absolute Gasteiger partial charge is 0.508 e. The van der Waals surface area contributed by atoms with Crippen molar-refractivity contribution in [1.82, 2.24) is 25.4 Å². The molecule has 1 fully saturated rings. The van der Waals surface area contributed by atoms with E-state index < -0.39 is 12.0 Å². The molecular formula is C20H21N5O4. The van der Waals surface area contributed by atoms with Crippen molar-refractivity contribution >= 4 is 22.9 Å². The number of phenols is 1. The minimum Gasteiger partial charge on any atom is -0.508 e. The number of pyridine rings is 1. The summed E-state index contributed by atoms with van der Waals surface area (Å²) in [7, 11) is 1.31. The number of nitrogens with one attached hydrogen (secondary N) is 2. The molecule has 0 aliphatic carbocycles. The van der Waals surface area contributed by atoms with E-state index in [1.165, 1.54) is 12.0 Å². The number of carbonyl (C=O) groups is 2. The molecule has 1 aliphatic heterocycles. The van der Waals surface area contributed by atoms with Gasteiger partial charge in [-0.2, -0.15) is 5.10 Å². The molecule has 1 aliphatic rings. The SMILES string of the molecule is COC(=O)[C@H]1CNCCN1C(=O)c1cc(-c2ccc(O)cc2)nc2n[nH]c(C)c12. The molecule has 150 valence electrons. The smallest absolute Gasteiger partial charge is 0.329 e. The van der Waals surface area contributed by atoms with E-state index in [2.05, 4.69) is 20.5 Å². The van der Waals surface area contributed by atoms with E-state index in [9.17, 15) is 14.7 Å². The van der Waals surface area contributed by atoms with Crippen molar-refractivity contribution in [3.63, 3.8) is 0 Å². The van der Waals surface area contributed by atoms with Gasteiger partial charge in [-0.3, -0.25) is 9.89 Å². The summed E-state index contributed by atoms with van der Waals surface area (Å²) in [4.78, 5) is 31.8. The number of aromatic hydroxyl groups is 1. The Morgan fingerprint density at radius 3 is 2.76 bits per heavy atom. The van der Waals surface area contributed by atoms with Crippen LogP contribution < -0.4 is 5.32 Å². The van der Waals surface area contributed by atoms with Gasteiger partial charge in [0.05, 0.1) is 23.8 Å². The molecule has 9 heteroatoms. The van der Waals surface area contributed by atoms with Gasteiger partial charge in [-0.15, -0.1) is 0 Å². The van der Waals surface area contributed by atoms with Crippen molar-refractivity contribution in [3.05, 3.63) is 41.6 Å². The maximum absolute atomic E-state index is 13.5. The summed E-state index contributed by atoms with van der Waals surface area (Å²) in [5.41, 5.74) is 2.85. The van der Waals surface area contributed by atoms with E-state index in [4.69, 9.17) is 4.74 Å². The van der Waals surface area contributed by atoms with Crippen LogP contribution in [-0.4, -0.2) is 69.9 Å². The standard InChI is InChI=1S/C20H21N5O4/c1-11-17-14(19(27)25-8-7-21-10-16(25)20(28)29-2)9-15(22-18(17)24-23-11)12-3-5-13(26)6-4-12/h3-6,9,16,21,26H,7-8,10H2,1-2H3,(H,22,23,24)/t16-/m1/s1. The minimum atomic E-state index is -0.700. The van der Waals surface area contributed by atoms with Gasteiger partial charge >= 0.3 is 5.97 Å². The molecule has 1 aromatic carbocycles. The molecule has 9 nitrogen and oxygen atoms in total. The number of H-pyrrole nitrogens is 1. The van der Waals surface area contributed by atoms with Crippen molar-refractivity contribution < 1.29 is 19.4 Å². The van der Waals surface area contributed by atoms with E-state index >= 15 is 0 Å². The van der Waals surface area contributed by atoms with Crippen molar-refractivity contribution in [2.75, 3.05) is 26.7 Å². The summed E-state index contributed by atoms with van der Waals surface area (Å²) in [6, 6.07) is 7.56. The lowest BCUT2D eigenvalue weighted by molar-refractivity contribution is -0.146. The molecule has 0 spiro atoms. The monoisotopic (exact) mass is 395 g/mol.